The van der Waals surface area contributed by atoms with Crippen molar-refractivity contribution >= 4 is 22.9 Å². The third-order valence-electron chi connectivity index (χ3n) is 4.55. The summed E-state index contributed by atoms with van der Waals surface area (Å²) >= 11 is 1.64. The molecule has 2 aromatic heterocycles. The Morgan fingerprint density at radius 3 is 2.44 bits per heavy atom. The molecule has 3 rings (SSSR count). The molecule has 0 N–H and O–H groups in total. The maximum atomic E-state index is 12.8. The van der Waals surface area contributed by atoms with Gasteiger partial charge in [-0.15, -0.1) is 0 Å². The van der Waals surface area contributed by atoms with Crippen LogP contribution in [0.2, 0.25) is 0 Å². The maximum Gasteiger partial charge on any atom is 0.332 e. The zero-order valence-corrected chi connectivity index (χ0v) is 17.1. The molecule has 7 heteroatoms. The fourth-order valence-corrected chi connectivity index (χ4v) is 4.04. The molecule has 6 nitrogen and oxygen atoms in total. The van der Waals surface area contributed by atoms with Crippen LogP contribution in [0, 0.1) is 5.92 Å². The first kappa shape index (κ1) is 19.5. The third kappa shape index (κ3) is 4.03. The average Bonchev–Trinajstić information content (AvgIpc) is 3.02. The van der Waals surface area contributed by atoms with Crippen LogP contribution < -0.4 is 11.2 Å². The van der Waals surface area contributed by atoms with Crippen LogP contribution in [0.5, 0.6) is 0 Å². The maximum absolute atomic E-state index is 12.8. The Balaban J connectivity index is 2.00. The molecule has 0 spiro atoms. The Hall–Kier alpha value is -2.28. The number of aromatic nitrogens is 4. The molecule has 0 aliphatic heterocycles. The van der Waals surface area contributed by atoms with Gasteiger partial charge in [-0.2, -0.15) is 0 Å². The van der Waals surface area contributed by atoms with Crippen molar-refractivity contribution in [2.24, 2.45) is 20.0 Å². The summed E-state index contributed by atoms with van der Waals surface area (Å²) in [7, 11) is 3.19. The van der Waals surface area contributed by atoms with E-state index in [0.29, 0.717) is 23.6 Å². The molecular formula is C20H26N4O2S. The van der Waals surface area contributed by atoms with Gasteiger partial charge in [0.1, 0.15) is 0 Å². The van der Waals surface area contributed by atoms with Crippen molar-refractivity contribution in [2.45, 2.75) is 38.4 Å². The Bertz CT molecular complexity index is 1050. The highest BCUT2D eigenvalue weighted by molar-refractivity contribution is 7.99. The van der Waals surface area contributed by atoms with Gasteiger partial charge >= 0.3 is 5.69 Å². The molecule has 0 aliphatic carbocycles. The first-order chi connectivity index (χ1) is 12.9. The van der Waals surface area contributed by atoms with Gasteiger partial charge in [0, 0.05) is 26.4 Å². The van der Waals surface area contributed by atoms with Gasteiger partial charge in [-0.1, -0.05) is 55.9 Å². The predicted octanol–water partition coefficient (Wildman–Crippen LogP) is 2.81. The SMILES string of the molecule is CC(C)CSc1nc2c(c(=O)n(C)c(=O)n2C)n1CCCc1ccccc1. The summed E-state index contributed by atoms with van der Waals surface area (Å²) in [6, 6.07) is 10.3. The summed E-state index contributed by atoms with van der Waals surface area (Å²) in [6.45, 7) is 5.01. The molecule has 3 aromatic rings. The smallest absolute Gasteiger partial charge is 0.313 e. The molecule has 27 heavy (non-hydrogen) atoms. The minimum absolute atomic E-state index is 0.281. The van der Waals surface area contributed by atoms with E-state index in [-0.39, 0.29) is 11.2 Å². The molecule has 0 radical (unpaired) electrons. The summed E-state index contributed by atoms with van der Waals surface area (Å²) < 4.78 is 4.62. The molecule has 1 aromatic carbocycles. The summed E-state index contributed by atoms with van der Waals surface area (Å²) in [4.78, 5) is 29.7. The second kappa shape index (κ2) is 8.17. The normalized spacial score (nSPS) is 11.6. The monoisotopic (exact) mass is 386 g/mol. The van der Waals surface area contributed by atoms with Gasteiger partial charge in [-0.3, -0.25) is 13.9 Å². The molecule has 0 saturated carbocycles. The fraction of sp³-hybridized carbons (Fsp3) is 0.450. The number of nitrogens with zero attached hydrogens (tertiary/aromatic N) is 4. The van der Waals surface area contributed by atoms with Gasteiger partial charge in [-0.05, 0) is 24.3 Å². The van der Waals surface area contributed by atoms with E-state index < -0.39 is 0 Å². The van der Waals surface area contributed by atoms with Gasteiger partial charge in [-0.25, -0.2) is 9.78 Å². The van der Waals surface area contributed by atoms with Crippen molar-refractivity contribution in [3.63, 3.8) is 0 Å². The van der Waals surface area contributed by atoms with Crippen LogP contribution in [-0.2, 0) is 27.1 Å². The summed E-state index contributed by atoms with van der Waals surface area (Å²) in [5, 5.41) is 0.810. The van der Waals surface area contributed by atoms with Crippen molar-refractivity contribution in [3.8, 4) is 0 Å². The molecule has 144 valence electrons. The van der Waals surface area contributed by atoms with E-state index in [2.05, 4.69) is 31.0 Å². The van der Waals surface area contributed by atoms with Crippen LogP contribution in [0.25, 0.3) is 11.2 Å². The Morgan fingerprint density at radius 1 is 1.07 bits per heavy atom. The molecule has 2 heterocycles. The van der Waals surface area contributed by atoms with Crippen LogP contribution >= 0.6 is 11.8 Å². The predicted molar refractivity (Wildman–Crippen MR) is 111 cm³/mol. The van der Waals surface area contributed by atoms with Crippen LogP contribution in [0.3, 0.4) is 0 Å². The minimum Gasteiger partial charge on any atom is -0.313 e. The molecule has 0 unspecified atom stereocenters. The number of hydrogen-bond acceptors (Lipinski definition) is 4. The van der Waals surface area contributed by atoms with Crippen LogP contribution in [0.1, 0.15) is 25.8 Å². The average molecular weight is 387 g/mol. The Morgan fingerprint density at radius 2 is 1.78 bits per heavy atom. The lowest BCUT2D eigenvalue weighted by molar-refractivity contribution is 0.604. The second-order valence-electron chi connectivity index (χ2n) is 7.22. The lowest BCUT2D eigenvalue weighted by Crippen LogP contribution is -2.37. The van der Waals surface area contributed by atoms with E-state index in [0.717, 1.165) is 28.3 Å². The van der Waals surface area contributed by atoms with Crippen LogP contribution in [0.4, 0.5) is 0 Å². The lowest BCUT2D eigenvalue weighted by Gasteiger charge is -2.10. The number of rotatable bonds is 7. The summed E-state index contributed by atoms with van der Waals surface area (Å²) in [5.41, 5.74) is 1.63. The van der Waals surface area contributed by atoms with Crippen LogP contribution in [-0.4, -0.2) is 24.4 Å². The lowest BCUT2D eigenvalue weighted by atomic mass is 10.1. The highest BCUT2D eigenvalue weighted by atomic mass is 32.2. The van der Waals surface area contributed by atoms with E-state index in [1.165, 1.54) is 17.2 Å². The van der Waals surface area contributed by atoms with E-state index in [1.807, 2.05) is 22.8 Å². The minimum atomic E-state index is -0.346. The van der Waals surface area contributed by atoms with E-state index in [4.69, 9.17) is 0 Å². The number of benzene rings is 1. The van der Waals surface area contributed by atoms with E-state index in [1.54, 1.807) is 18.8 Å². The molecule has 0 aliphatic rings. The van der Waals surface area contributed by atoms with Crippen molar-refractivity contribution in [1.29, 1.82) is 0 Å². The standard InChI is InChI=1S/C20H26N4O2S/c1-14(2)13-27-19-21-17-16(18(25)23(4)20(26)22(17)3)24(19)12-8-11-15-9-6-5-7-10-15/h5-7,9-10,14H,8,11-13H2,1-4H3. The Kier molecular flexibility index (Phi) is 5.89. The van der Waals surface area contributed by atoms with Gasteiger partial charge in [0.05, 0.1) is 0 Å². The van der Waals surface area contributed by atoms with Crippen LogP contribution in [0.15, 0.2) is 45.1 Å². The van der Waals surface area contributed by atoms with E-state index in [9.17, 15) is 9.59 Å². The van der Waals surface area contributed by atoms with E-state index >= 15 is 0 Å². The number of fused-ring (bicyclic) bond motifs is 1. The zero-order valence-electron chi connectivity index (χ0n) is 16.3. The summed E-state index contributed by atoms with van der Waals surface area (Å²) in [6.07, 6.45) is 1.83. The molecule has 0 saturated heterocycles. The molecule has 0 amide bonds. The zero-order chi connectivity index (χ0) is 19.6. The molecule has 0 fully saturated rings. The van der Waals surface area contributed by atoms with Crippen molar-refractivity contribution in [1.82, 2.24) is 18.7 Å². The van der Waals surface area contributed by atoms with Crippen molar-refractivity contribution < 1.29 is 0 Å². The van der Waals surface area contributed by atoms with Gasteiger partial charge in [0.15, 0.2) is 16.3 Å². The molecule has 0 atom stereocenters. The van der Waals surface area contributed by atoms with Crippen molar-refractivity contribution in [2.75, 3.05) is 5.75 Å². The summed E-state index contributed by atoms with van der Waals surface area (Å²) in [5.74, 6) is 1.43. The number of thioether (sulfide) groups is 1. The third-order valence-corrected chi connectivity index (χ3v) is 5.95. The molecular weight excluding hydrogens is 360 g/mol. The quantitative estimate of drug-likeness (QED) is 0.586. The largest absolute Gasteiger partial charge is 0.332 e. The highest BCUT2D eigenvalue weighted by Crippen LogP contribution is 2.24. The van der Waals surface area contributed by atoms with Gasteiger partial charge in [0.2, 0.25) is 0 Å². The van der Waals surface area contributed by atoms with Crippen molar-refractivity contribution in [3.05, 3.63) is 56.7 Å². The van der Waals surface area contributed by atoms with Gasteiger partial charge in [0.25, 0.3) is 5.56 Å². The molecule has 0 bridgehead atoms. The fourth-order valence-electron chi connectivity index (χ4n) is 3.07. The highest BCUT2D eigenvalue weighted by Gasteiger charge is 2.19. The number of imidazole rings is 1. The first-order valence-electron chi connectivity index (χ1n) is 9.23. The number of hydrogen-bond donors (Lipinski definition) is 0. The first-order valence-corrected chi connectivity index (χ1v) is 10.2. The Labute approximate surface area is 162 Å². The topological polar surface area (TPSA) is 61.8 Å². The van der Waals surface area contributed by atoms with Gasteiger partial charge < -0.3 is 4.57 Å². The second-order valence-corrected chi connectivity index (χ2v) is 8.21. The number of aryl methyl sites for hydroxylation is 3.